The fourth-order valence-electron chi connectivity index (χ4n) is 1.86. The van der Waals surface area contributed by atoms with Crippen LogP contribution in [0.3, 0.4) is 0 Å². The van der Waals surface area contributed by atoms with Crippen LogP contribution in [0.25, 0.3) is 0 Å². The van der Waals surface area contributed by atoms with Crippen LogP contribution in [0.1, 0.15) is 16.9 Å². The molecule has 0 aliphatic carbocycles. The van der Waals surface area contributed by atoms with E-state index < -0.39 is 24.0 Å². The molecule has 0 bridgehead atoms. The molecule has 2 heterocycles. The van der Waals surface area contributed by atoms with Crippen molar-refractivity contribution in [3.63, 3.8) is 0 Å². The van der Waals surface area contributed by atoms with Gasteiger partial charge >= 0.3 is 5.97 Å². The summed E-state index contributed by atoms with van der Waals surface area (Å²) in [5.41, 5.74) is -0.0390. The predicted molar refractivity (Wildman–Crippen MR) is 60.1 cm³/mol. The highest BCUT2D eigenvalue weighted by Crippen LogP contribution is 2.20. The second-order valence-corrected chi connectivity index (χ2v) is 4.32. The molecule has 2 rings (SSSR count). The van der Waals surface area contributed by atoms with Gasteiger partial charge in [0.25, 0.3) is 5.91 Å². The number of aromatic nitrogens is 2. The third-order valence-electron chi connectivity index (χ3n) is 2.65. The van der Waals surface area contributed by atoms with Gasteiger partial charge in [-0.1, -0.05) is 11.6 Å². The summed E-state index contributed by atoms with van der Waals surface area (Å²) >= 11 is 5.61. The number of aliphatic hydroxyl groups is 1. The van der Waals surface area contributed by atoms with Gasteiger partial charge in [0.15, 0.2) is 0 Å². The number of amides is 1. The number of hydrogen-bond donors (Lipinski definition) is 2. The Labute approximate surface area is 107 Å². The Kier molecular flexibility index (Phi) is 3.44. The van der Waals surface area contributed by atoms with Gasteiger partial charge in [0, 0.05) is 13.0 Å². The average molecular weight is 272 g/mol. The van der Waals surface area contributed by atoms with E-state index >= 15 is 0 Å². The Morgan fingerprint density at radius 1 is 1.44 bits per heavy atom. The normalized spacial score (nSPS) is 23.1. The fourth-order valence-corrected chi connectivity index (χ4v) is 2.01. The number of carboxylic acid groups (broad SMARTS) is 1. The molecule has 0 aromatic carbocycles. The standard InChI is InChI=1S/C10H10ClN3O4/c11-8-3-12-2-6(13-8)9(16)14-4-5(15)1-7(14)10(17)18/h2-3,5,7,15H,1,4H2,(H,17,18)/t5-,7-/m0/s1. The van der Waals surface area contributed by atoms with Crippen LogP contribution >= 0.6 is 11.6 Å². The molecular formula is C10H10ClN3O4. The number of likely N-dealkylation sites (tertiary alicyclic amines) is 1. The van der Waals surface area contributed by atoms with Gasteiger partial charge in [-0.2, -0.15) is 0 Å². The predicted octanol–water partition coefficient (Wildman–Crippen LogP) is -0.210. The molecule has 8 heteroatoms. The van der Waals surface area contributed by atoms with Crippen LogP contribution in [0.2, 0.25) is 5.15 Å². The minimum Gasteiger partial charge on any atom is -0.480 e. The van der Waals surface area contributed by atoms with Crippen LogP contribution in [0.15, 0.2) is 12.4 Å². The van der Waals surface area contributed by atoms with Crippen LogP contribution in [-0.2, 0) is 4.79 Å². The quantitative estimate of drug-likeness (QED) is 0.771. The van der Waals surface area contributed by atoms with Gasteiger partial charge in [-0.3, -0.25) is 9.78 Å². The first-order valence-corrected chi connectivity index (χ1v) is 5.56. The van der Waals surface area contributed by atoms with Gasteiger partial charge < -0.3 is 15.1 Å². The first-order valence-electron chi connectivity index (χ1n) is 5.18. The number of aliphatic carboxylic acids is 1. The summed E-state index contributed by atoms with van der Waals surface area (Å²) in [6, 6.07) is -1.05. The lowest BCUT2D eigenvalue weighted by atomic mass is 10.2. The van der Waals surface area contributed by atoms with Crippen LogP contribution in [0.5, 0.6) is 0 Å². The van der Waals surface area contributed by atoms with Crippen molar-refractivity contribution in [1.29, 1.82) is 0 Å². The third kappa shape index (κ3) is 2.41. The van der Waals surface area contributed by atoms with E-state index in [4.69, 9.17) is 16.7 Å². The molecule has 2 atom stereocenters. The van der Waals surface area contributed by atoms with Crippen molar-refractivity contribution in [3.8, 4) is 0 Å². The third-order valence-corrected chi connectivity index (χ3v) is 2.83. The minimum atomic E-state index is -1.16. The van der Waals surface area contributed by atoms with Gasteiger partial charge in [-0.05, 0) is 0 Å². The average Bonchev–Trinajstić information content (AvgIpc) is 2.70. The summed E-state index contributed by atoms with van der Waals surface area (Å²) in [5.74, 6) is -1.76. The molecule has 0 saturated carbocycles. The summed E-state index contributed by atoms with van der Waals surface area (Å²) in [7, 11) is 0. The molecule has 1 amide bonds. The van der Waals surface area contributed by atoms with E-state index in [1.807, 2.05) is 0 Å². The molecule has 1 saturated heterocycles. The van der Waals surface area contributed by atoms with E-state index in [9.17, 15) is 14.7 Å². The Morgan fingerprint density at radius 3 is 2.78 bits per heavy atom. The molecule has 0 unspecified atom stereocenters. The number of nitrogens with zero attached hydrogens (tertiary/aromatic N) is 3. The Balaban J connectivity index is 2.25. The zero-order chi connectivity index (χ0) is 13.3. The van der Waals surface area contributed by atoms with Crippen molar-refractivity contribution >= 4 is 23.5 Å². The second kappa shape index (κ2) is 4.87. The van der Waals surface area contributed by atoms with Crippen molar-refractivity contribution < 1.29 is 19.8 Å². The maximum atomic E-state index is 12.0. The fraction of sp³-hybridized carbons (Fsp3) is 0.400. The van der Waals surface area contributed by atoms with Gasteiger partial charge in [0.1, 0.15) is 16.9 Å². The molecule has 7 nitrogen and oxygen atoms in total. The number of carbonyl (C=O) groups is 2. The zero-order valence-corrected chi connectivity index (χ0v) is 9.91. The SMILES string of the molecule is O=C(O)[C@@H]1C[C@H](O)CN1C(=O)c1cncc(Cl)n1. The maximum Gasteiger partial charge on any atom is 0.326 e. The van der Waals surface area contributed by atoms with E-state index in [1.165, 1.54) is 12.4 Å². The van der Waals surface area contributed by atoms with Crippen molar-refractivity contribution in [2.75, 3.05) is 6.54 Å². The molecule has 1 aromatic rings. The van der Waals surface area contributed by atoms with Gasteiger partial charge in [-0.15, -0.1) is 0 Å². The summed E-state index contributed by atoms with van der Waals surface area (Å²) in [6.07, 6.45) is 1.64. The van der Waals surface area contributed by atoms with Crippen LogP contribution < -0.4 is 0 Å². The summed E-state index contributed by atoms with van der Waals surface area (Å²) in [4.78, 5) is 31.6. The highest BCUT2D eigenvalue weighted by Gasteiger charge is 2.39. The number of halogens is 1. The Hall–Kier alpha value is -1.73. The number of rotatable bonds is 2. The van der Waals surface area contributed by atoms with Crippen LogP contribution in [0, 0.1) is 0 Å². The largest absolute Gasteiger partial charge is 0.480 e. The molecule has 1 aliphatic heterocycles. The van der Waals surface area contributed by atoms with Crippen molar-refractivity contribution in [1.82, 2.24) is 14.9 Å². The van der Waals surface area contributed by atoms with Gasteiger partial charge in [0.05, 0.1) is 18.5 Å². The van der Waals surface area contributed by atoms with Gasteiger partial charge in [-0.25, -0.2) is 9.78 Å². The molecule has 0 radical (unpaired) electrons. The zero-order valence-electron chi connectivity index (χ0n) is 9.15. The first kappa shape index (κ1) is 12.7. The molecular weight excluding hydrogens is 262 g/mol. The number of carboxylic acids is 1. The molecule has 2 N–H and O–H groups in total. The molecule has 0 spiro atoms. The Morgan fingerprint density at radius 2 is 2.17 bits per heavy atom. The molecule has 1 aliphatic rings. The van der Waals surface area contributed by atoms with Gasteiger partial charge in [0.2, 0.25) is 0 Å². The summed E-state index contributed by atoms with van der Waals surface area (Å²) < 4.78 is 0. The van der Waals surface area contributed by atoms with Crippen LogP contribution in [0.4, 0.5) is 0 Å². The van der Waals surface area contributed by atoms with E-state index in [0.29, 0.717) is 0 Å². The van der Waals surface area contributed by atoms with E-state index in [2.05, 4.69) is 9.97 Å². The summed E-state index contributed by atoms with van der Waals surface area (Å²) in [6.45, 7) is -0.0377. The lowest BCUT2D eigenvalue weighted by Crippen LogP contribution is -2.41. The van der Waals surface area contributed by atoms with E-state index in [0.717, 1.165) is 4.90 Å². The molecule has 18 heavy (non-hydrogen) atoms. The minimum absolute atomic E-state index is 0.00900. The smallest absolute Gasteiger partial charge is 0.326 e. The monoisotopic (exact) mass is 271 g/mol. The number of hydrogen-bond acceptors (Lipinski definition) is 5. The topological polar surface area (TPSA) is 104 Å². The lowest BCUT2D eigenvalue weighted by molar-refractivity contribution is -0.141. The highest BCUT2D eigenvalue weighted by atomic mass is 35.5. The van der Waals surface area contributed by atoms with Crippen molar-refractivity contribution in [3.05, 3.63) is 23.2 Å². The van der Waals surface area contributed by atoms with Crippen LogP contribution in [-0.4, -0.2) is 55.6 Å². The molecule has 1 aromatic heterocycles. The van der Waals surface area contributed by atoms with E-state index in [-0.39, 0.29) is 23.8 Å². The van der Waals surface area contributed by atoms with Crippen molar-refractivity contribution in [2.45, 2.75) is 18.6 Å². The second-order valence-electron chi connectivity index (χ2n) is 3.93. The Bertz CT molecular complexity index is 496. The number of carbonyl (C=O) groups excluding carboxylic acids is 1. The molecule has 96 valence electrons. The number of β-amino-alcohol motifs (C(OH)–C–C–N with tert-alkyl or cyclic N) is 1. The first-order chi connectivity index (χ1) is 8.49. The van der Waals surface area contributed by atoms with Crippen molar-refractivity contribution in [2.24, 2.45) is 0 Å². The van der Waals surface area contributed by atoms with E-state index in [1.54, 1.807) is 0 Å². The number of aliphatic hydroxyl groups excluding tert-OH is 1. The summed E-state index contributed by atoms with van der Waals surface area (Å²) in [5, 5.41) is 18.5. The maximum absolute atomic E-state index is 12.0. The molecule has 1 fully saturated rings. The lowest BCUT2D eigenvalue weighted by Gasteiger charge is -2.20. The highest BCUT2D eigenvalue weighted by molar-refractivity contribution is 6.29.